The van der Waals surface area contributed by atoms with E-state index >= 15 is 0 Å². The summed E-state index contributed by atoms with van der Waals surface area (Å²) in [5.41, 5.74) is 0.896. The molecule has 4 rings (SSSR count). The molecule has 0 aliphatic carbocycles. The number of nitriles is 1. The number of H-pyrrole nitrogens is 1. The molecule has 0 aromatic carbocycles. The lowest BCUT2D eigenvalue weighted by Gasteiger charge is -2.29. The van der Waals surface area contributed by atoms with Gasteiger partial charge in [0, 0.05) is 37.5 Å². The Morgan fingerprint density at radius 1 is 1.36 bits per heavy atom. The van der Waals surface area contributed by atoms with E-state index in [1.54, 1.807) is 12.1 Å². The Morgan fingerprint density at radius 3 is 2.91 bits per heavy atom. The molecule has 11 nitrogen and oxygen atoms in total. The summed E-state index contributed by atoms with van der Waals surface area (Å²) in [7, 11) is 0. The molecule has 1 unspecified atom stereocenters. The zero-order chi connectivity index (χ0) is 23.4. The highest BCUT2D eigenvalue weighted by Gasteiger charge is 2.27. The summed E-state index contributed by atoms with van der Waals surface area (Å²) < 4.78 is 5.37. The maximum absolute atomic E-state index is 12.9. The summed E-state index contributed by atoms with van der Waals surface area (Å²) in [5, 5.41) is 14.3. The Balaban J connectivity index is 1.52. The van der Waals surface area contributed by atoms with Gasteiger partial charge in [-0.05, 0) is 37.3 Å². The number of pyridine rings is 2. The van der Waals surface area contributed by atoms with Gasteiger partial charge in [-0.1, -0.05) is 0 Å². The molecular weight excluding hydrogens is 428 g/mol. The maximum Gasteiger partial charge on any atom is 0.328 e. The van der Waals surface area contributed by atoms with Gasteiger partial charge in [-0.25, -0.2) is 9.78 Å². The van der Waals surface area contributed by atoms with Crippen LogP contribution >= 0.6 is 0 Å². The number of hydrogen-bond acceptors (Lipinski definition) is 7. The molecule has 11 heteroatoms. The van der Waals surface area contributed by atoms with Crippen LogP contribution in [0.2, 0.25) is 0 Å². The van der Waals surface area contributed by atoms with Crippen LogP contribution in [0.5, 0.6) is 0 Å². The number of fused-ring (bicyclic) bond motifs is 1. The molecule has 1 saturated heterocycles. The van der Waals surface area contributed by atoms with Gasteiger partial charge in [0.05, 0.1) is 0 Å². The Labute approximate surface area is 188 Å². The van der Waals surface area contributed by atoms with Crippen molar-refractivity contribution in [3.63, 3.8) is 0 Å². The lowest BCUT2D eigenvalue weighted by Crippen LogP contribution is -2.40. The van der Waals surface area contributed by atoms with Crippen molar-refractivity contribution in [1.29, 1.82) is 5.26 Å². The first-order chi connectivity index (χ1) is 16.0. The Hall–Kier alpha value is -4.04. The van der Waals surface area contributed by atoms with Gasteiger partial charge < -0.3 is 15.0 Å². The molecule has 2 aromatic heterocycles. The number of carbonyl (C=O) groups is 3. The second-order valence-electron chi connectivity index (χ2n) is 7.77. The van der Waals surface area contributed by atoms with Crippen LogP contribution in [0.3, 0.4) is 0 Å². The molecule has 0 bridgehead atoms. The van der Waals surface area contributed by atoms with Crippen molar-refractivity contribution >= 4 is 29.9 Å². The van der Waals surface area contributed by atoms with E-state index in [-0.39, 0.29) is 29.5 Å². The Morgan fingerprint density at radius 2 is 2.21 bits per heavy atom. The zero-order valence-corrected chi connectivity index (χ0v) is 17.7. The molecule has 2 aliphatic heterocycles. The fourth-order valence-corrected chi connectivity index (χ4v) is 3.89. The molecule has 1 atom stereocenters. The molecule has 2 aliphatic rings. The fraction of sp³-hybridized carbons (Fsp3) is 0.364. The molecule has 4 heterocycles. The highest BCUT2D eigenvalue weighted by Crippen LogP contribution is 2.28. The second-order valence-corrected chi connectivity index (χ2v) is 7.77. The predicted molar refractivity (Wildman–Crippen MR) is 117 cm³/mol. The van der Waals surface area contributed by atoms with E-state index in [2.05, 4.69) is 20.6 Å². The largest absolute Gasteiger partial charge is 0.368 e. The van der Waals surface area contributed by atoms with Crippen LogP contribution in [0.25, 0.3) is 0 Å². The van der Waals surface area contributed by atoms with E-state index < -0.39 is 17.6 Å². The summed E-state index contributed by atoms with van der Waals surface area (Å²) in [6.07, 6.45) is 4.19. The first-order valence-electron chi connectivity index (χ1n) is 10.6. The topological polar surface area (TPSA) is 157 Å². The minimum Gasteiger partial charge on any atom is -0.368 e. The van der Waals surface area contributed by atoms with Crippen molar-refractivity contribution in [3.8, 4) is 6.07 Å². The SMILES string of the molecule is N#Cc1c[nH]c(NC(=O)N2CCCc3cc(CNC(=O)C4CCCO4)c(C=O)nc32)cc1=O. The van der Waals surface area contributed by atoms with Crippen molar-refractivity contribution in [2.45, 2.75) is 38.3 Å². The average molecular weight is 450 g/mol. The van der Waals surface area contributed by atoms with Gasteiger partial charge in [0.1, 0.15) is 35.1 Å². The number of ether oxygens (including phenoxy) is 1. The number of hydrogen-bond donors (Lipinski definition) is 3. The van der Waals surface area contributed by atoms with Gasteiger partial charge in [0.2, 0.25) is 11.3 Å². The van der Waals surface area contributed by atoms with Crippen LogP contribution in [-0.2, 0) is 22.5 Å². The average Bonchev–Trinajstić information content (AvgIpc) is 3.36. The third-order valence-electron chi connectivity index (χ3n) is 5.58. The molecule has 0 radical (unpaired) electrons. The number of aldehydes is 1. The monoisotopic (exact) mass is 450 g/mol. The molecule has 33 heavy (non-hydrogen) atoms. The van der Waals surface area contributed by atoms with Gasteiger partial charge >= 0.3 is 6.03 Å². The smallest absolute Gasteiger partial charge is 0.328 e. The molecule has 0 spiro atoms. The first kappa shape index (κ1) is 22.2. The van der Waals surface area contributed by atoms with Gasteiger partial charge in [0.15, 0.2) is 6.29 Å². The second kappa shape index (κ2) is 9.62. The van der Waals surface area contributed by atoms with Gasteiger partial charge in [0.25, 0.3) is 0 Å². The number of rotatable bonds is 5. The number of aromatic amines is 1. The van der Waals surface area contributed by atoms with Crippen molar-refractivity contribution in [2.24, 2.45) is 0 Å². The van der Waals surface area contributed by atoms with Crippen LogP contribution in [0.1, 0.15) is 46.4 Å². The number of nitrogens with one attached hydrogen (secondary N) is 3. The maximum atomic E-state index is 12.9. The summed E-state index contributed by atoms with van der Waals surface area (Å²) in [6, 6.07) is 4.15. The van der Waals surface area contributed by atoms with Crippen molar-refractivity contribution < 1.29 is 19.1 Å². The van der Waals surface area contributed by atoms with Crippen molar-refractivity contribution in [2.75, 3.05) is 23.4 Å². The zero-order valence-electron chi connectivity index (χ0n) is 17.7. The van der Waals surface area contributed by atoms with E-state index in [0.717, 1.165) is 18.1 Å². The molecule has 1 fully saturated rings. The molecule has 3 amide bonds. The third kappa shape index (κ3) is 4.75. The molecular formula is C22H22N6O5. The number of anilines is 2. The van der Waals surface area contributed by atoms with Crippen molar-refractivity contribution in [1.82, 2.24) is 15.3 Å². The fourth-order valence-electron chi connectivity index (χ4n) is 3.89. The highest BCUT2D eigenvalue weighted by atomic mass is 16.5. The minimum absolute atomic E-state index is 0.0623. The number of aryl methyl sites for hydroxylation is 1. The summed E-state index contributed by atoms with van der Waals surface area (Å²) in [6.45, 7) is 1.07. The number of nitrogens with zero attached hydrogens (tertiary/aromatic N) is 3. The molecule has 2 aromatic rings. The number of carbonyl (C=O) groups excluding carboxylic acids is 3. The Bertz CT molecular complexity index is 1190. The lowest BCUT2D eigenvalue weighted by molar-refractivity contribution is -0.130. The Kier molecular flexibility index (Phi) is 6.46. The third-order valence-corrected chi connectivity index (χ3v) is 5.58. The molecule has 170 valence electrons. The van der Waals surface area contributed by atoms with Crippen LogP contribution in [0.4, 0.5) is 16.4 Å². The van der Waals surface area contributed by atoms with E-state index in [1.165, 1.54) is 11.1 Å². The standard InChI is InChI=1S/C22H22N6O5/c23-9-15-11-24-19(8-17(15)30)27-22(32)28-5-1-3-13-7-14(16(12-29)26-20(13)28)10-25-21(31)18-4-2-6-33-18/h7-8,11-12,18H,1-6,10H2,(H,25,31)(H2,24,27,30,32). The van der Waals surface area contributed by atoms with Crippen molar-refractivity contribution in [3.05, 3.63) is 50.9 Å². The number of aromatic nitrogens is 2. The van der Waals surface area contributed by atoms with Crippen LogP contribution in [-0.4, -0.2) is 47.4 Å². The molecule has 3 N–H and O–H groups in total. The van der Waals surface area contributed by atoms with E-state index in [9.17, 15) is 19.2 Å². The predicted octanol–water partition coefficient (Wildman–Crippen LogP) is 1.23. The number of amides is 3. The number of urea groups is 1. The van der Waals surface area contributed by atoms with E-state index in [0.29, 0.717) is 50.1 Å². The van der Waals surface area contributed by atoms with Gasteiger partial charge in [-0.3, -0.25) is 24.6 Å². The first-order valence-corrected chi connectivity index (χ1v) is 10.6. The van der Waals surface area contributed by atoms with Crippen LogP contribution in [0, 0.1) is 11.3 Å². The van der Waals surface area contributed by atoms with E-state index in [1.807, 2.05) is 0 Å². The minimum atomic E-state index is -0.528. The summed E-state index contributed by atoms with van der Waals surface area (Å²) in [5.74, 6) is 0.269. The van der Waals surface area contributed by atoms with Crippen LogP contribution < -0.4 is 21.0 Å². The summed E-state index contributed by atoms with van der Waals surface area (Å²) in [4.78, 5) is 57.1. The normalized spacial score (nSPS) is 17.1. The van der Waals surface area contributed by atoms with Gasteiger partial charge in [-0.15, -0.1) is 0 Å². The summed E-state index contributed by atoms with van der Waals surface area (Å²) >= 11 is 0. The van der Waals surface area contributed by atoms with E-state index in [4.69, 9.17) is 10.00 Å². The quantitative estimate of drug-likeness (QED) is 0.578. The molecule has 0 saturated carbocycles. The van der Waals surface area contributed by atoms with Gasteiger partial charge in [-0.2, -0.15) is 5.26 Å². The highest BCUT2D eigenvalue weighted by molar-refractivity contribution is 6.01. The lowest BCUT2D eigenvalue weighted by atomic mass is 10.0. The van der Waals surface area contributed by atoms with Crippen LogP contribution in [0.15, 0.2) is 23.1 Å².